The molecule has 0 aromatic carbocycles. The van der Waals surface area contributed by atoms with Gasteiger partial charge in [0.25, 0.3) is 5.56 Å². The topological polar surface area (TPSA) is 59.3 Å². The summed E-state index contributed by atoms with van der Waals surface area (Å²) in [6, 6.07) is 0.773. The molecule has 0 atom stereocenters. The Morgan fingerprint density at radius 1 is 1.33 bits per heavy atom. The standard InChI is InChI=1S/C11H10F3NO3/c12-11(13,14)8-4-6(10(17)18)5-9(16)15(8)7-2-1-3-7/h4-5,7H,1-3H2,(H,17,18). The molecule has 1 aromatic heterocycles. The lowest BCUT2D eigenvalue weighted by atomic mass is 9.92. The average Bonchev–Trinajstić information content (AvgIpc) is 2.15. The van der Waals surface area contributed by atoms with Crippen LogP contribution in [-0.4, -0.2) is 15.6 Å². The Kier molecular flexibility index (Phi) is 2.92. The molecule has 0 radical (unpaired) electrons. The minimum atomic E-state index is -4.74. The second-order valence-corrected chi connectivity index (χ2v) is 4.23. The number of carboxylic acid groups (broad SMARTS) is 1. The number of nitrogens with zero attached hydrogens (tertiary/aromatic N) is 1. The zero-order chi connectivity index (χ0) is 13.5. The van der Waals surface area contributed by atoms with Gasteiger partial charge in [0.1, 0.15) is 5.69 Å². The fraction of sp³-hybridized carbons (Fsp3) is 0.455. The largest absolute Gasteiger partial charge is 0.478 e. The van der Waals surface area contributed by atoms with Gasteiger partial charge >= 0.3 is 12.1 Å². The van der Waals surface area contributed by atoms with E-state index >= 15 is 0 Å². The molecule has 1 aliphatic carbocycles. The summed E-state index contributed by atoms with van der Waals surface area (Å²) < 4.78 is 39.2. The minimum absolute atomic E-state index is 0.475. The van der Waals surface area contributed by atoms with E-state index in [1.807, 2.05) is 0 Å². The van der Waals surface area contributed by atoms with E-state index in [0.717, 1.165) is 12.5 Å². The fourth-order valence-electron chi connectivity index (χ4n) is 1.94. The Balaban J connectivity index is 2.64. The molecule has 1 aromatic rings. The zero-order valence-electron chi connectivity index (χ0n) is 9.20. The first-order chi connectivity index (χ1) is 8.30. The van der Waals surface area contributed by atoms with Crippen LogP contribution in [0.2, 0.25) is 0 Å². The number of carbonyl (C=O) groups is 1. The summed E-state index contributed by atoms with van der Waals surface area (Å²) in [4.78, 5) is 22.3. The SMILES string of the molecule is O=C(O)c1cc(C(F)(F)F)n(C2CCC2)c(=O)c1. The lowest BCUT2D eigenvalue weighted by molar-refractivity contribution is -0.145. The second kappa shape index (κ2) is 4.15. The Labute approximate surface area is 99.7 Å². The van der Waals surface area contributed by atoms with Crippen LogP contribution in [0.4, 0.5) is 13.2 Å². The molecule has 1 fully saturated rings. The number of carboxylic acids is 1. The molecule has 2 rings (SSSR count). The van der Waals surface area contributed by atoms with Crippen LogP contribution in [0.1, 0.15) is 41.4 Å². The van der Waals surface area contributed by atoms with E-state index in [9.17, 15) is 22.8 Å². The molecule has 1 aliphatic rings. The third kappa shape index (κ3) is 2.12. The van der Waals surface area contributed by atoms with Crippen LogP contribution in [-0.2, 0) is 6.18 Å². The molecular formula is C11H10F3NO3. The second-order valence-electron chi connectivity index (χ2n) is 4.23. The monoisotopic (exact) mass is 261 g/mol. The van der Waals surface area contributed by atoms with Gasteiger partial charge in [-0.2, -0.15) is 13.2 Å². The number of rotatable bonds is 2. The maximum atomic E-state index is 12.8. The molecule has 4 nitrogen and oxygen atoms in total. The highest BCUT2D eigenvalue weighted by molar-refractivity contribution is 5.87. The Hall–Kier alpha value is -1.79. The van der Waals surface area contributed by atoms with Gasteiger partial charge in [0, 0.05) is 12.1 Å². The van der Waals surface area contributed by atoms with E-state index in [2.05, 4.69) is 0 Å². The van der Waals surface area contributed by atoms with Crippen molar-refractivity contribution in [2.75, 3.05) is 0 Å². The van der Waals surface area contributed by atoms with Crippen LogP contribution in [0.15, 0.2) is 16.9 Å². The van der Waals surface area contributed by atoms with Gasteiger partial charge in [0.05, 0.1) is 5.56 Å². The van der Waals surface area contributed by atoms with Gasteiger partial charge in [-0.05, 0) is 25.3 Å². The van der Waals surface area contributed by atoms with Crippen LogP contribution in [0.25, 0.3) is 0 Å². The molecule has 18 heavy (non-hydrogen) atoms. The van der Waals surface area contributed by atoms with Crippen molar-refractivity contribution < 1.29 is 23.1 Å². The number of pyridine rings is 1. The lowest BCUT2D eigenvalue weighted by Crippen LogP contribution is -2.34. The van der Waals surface area contributed by atoms with Gasteiger partial charge in [-0.25, -0.2) is 4.79 Å². The van der Waals surface area contributed by atoms with Crippen molar-refractivity contribution in [3.63, 3.8) is 0 Å². The van der Waals surface area contributed by atoms with E-state index in [1.165, 1.54) is 0 Å². The lowest BCUT2D eigenvalue weighted by Gasteiger charge is -2.30. The van der Waals surface area contributed by atoms with E-state index in [1.54, 1.807) is 0 Å². The molecule has 98 valence electrons. The molecule has 0 bridgehead atoms. The third-order valence-corrected chi connectivity index (χ3v) is 3.05. The molecule has 0 spiro atoms. The molecular weight excluding hydrogens is 251 g/mol. The Bertz CT molecular complexity index is 543. The first kappa shape index (κ1) is 12.7. The highest BCUT2D eigenvalue weighted by Crippen LogP contribution is 2.36. The quantitative estimate of drug-likeness (QED) is 0.888. The highest BCUT2D eigenvalue weighted by atomic mass is 19.4. The Morgan fingerprint density at radius 3 is 2.33 bits per heavy atom. The van der Waals surface area contributed by atoms with Crippen LogP contribution in [0, 0.1) is 0 Å². The van der Waals surface area contributed by atoms with Crippen LogP contribution in [0.3, 0.4) is 0 Å². The molecule has 0 unspecified atom stereocenters. The van der Waals surface area contributed by atoms with Crippen molar-refractivity contribution in [1.82, 2.24) is 4.57 Å². The number of halogens is 3. The van der Waals surface area contributed by atoms with Crippen LogP contribution >= 0.6 is 0 Å². The van der Waals surface area contributed by atoms with Crippen molar-refractivity contribution in [1.29, 1.82) is 0 Å². The van der Waals surface area contributed by atoms with Crippen LogP contribution in [0.5, 0.6) is 0 Å². The smallest absolute Gasteiger partial charge is 0.431 e. The molecule has 7 heteroatoms. The summed E-state index contributed by atoms with van der Waals surface area (Å²) in [7, 11) is 0. The van der Waals surface area contributed by atoms with Gasteiger partial charge < -0.3 is 9.67 Å². The molecule has 0 saturated heterocycles. The van der Waals surface area contributed by atoms with Gasteiger partial charge in [-0.1, -0.05) is 0 Å². The van der Waals surface area contributed by atoms with Crippen LogP contribution < -0.4 is 5.56 Å². The maximum absolute atomic E-state index is 12.8. The predicted molar refractivity (Wildman–Crippen MR) is 55.6 cm³/mol. The predicted octanol–water partition coefficient (Wildman–Crippen LogP) is 2.29. The molecule has 1 saturated carbocycles. The normalized spacial score (nSPS) is 16.4. The van der Waals surface area contributed by atoms with Crippen molar-refractivity contribution in [2.24, 2.45) is 0 Å². The average molecular weight is 261 g/mol. The number of aromatic carboxylic acids is 1. The maximum Gasteiger partial charge on any atom is 0.431 e. The van der Waals surface area contributed by atoms with Crippen molar-refractivity contribution in [3.05, 3.63) is 33.7 Å². The summed E-state index contributed by atoms with van der Waals surface area (Å²) in [5.41, 5.74) is -2.73. The molecule has 1 heterocycles. The first-order valence-electron chi connectivity index (χ1n) is 5.38. The number of alkyl halides is 3. The first-order valence-corrected chi connectivity index (χ1v) is 5.38. The van der Waals surface area contributed by atoms with E-state index in [0.29, 0.717) is 23.5 Å². The number of aromatic nitrogens is 1. The summed E-state index contributed by atoms with van der Waals surface area (Å²) in [6.45, 7) is 0. The third-order valence-electron chi connectivity index (χ3n) is 3.05. The van der Waals surface area contributed by atoms with Crippen molar-refractivity contribution >= 4 is 5.97 Å². The molecule has 1 N–H and O–H groups in total. The fourth-order valence-corrected chi connectivity index (χ4v) is 1.94. The van der Waals surface area contributed by atoms with Crippen molar-refractivity contribution in [3.8, 4) is 0 Å². The van der Waals surface area contributed by atoms with Gasteiger partial charge in [0.2, 0.25) is 0 Å². The minimum Gasteiger partial charge on any atom is -0.478 e. The summed E-state index contributed by atoms with van der Waals surface area (Å²) in [5, 5.41) is 8.68. The number of hydrogen-bond donors (Lipinski definition) is 1. The van der Waals surface area contributed by atoms with E-state index < -0.39 is 35.0 Å². The van der Waals surface area contributed by atoms with Gasteiger partial charge in [0.15, 0.2) is 0 Å². The Morgan fingerprint density at radius 2 is 1.94 bits per heavy atom. The number of hydrogen-bond acceptors (Lipinski definition) is 2. The zero-order valence-corrected chi connectivity index (χ0v) is 9.20. The van der Waals surface area contributed by atoms with E-state index in [4.69, 9.17) is 5.11 Å². The van der Waals surface area contributed by atoms with Crippen molar-refractivity contribution in [2.45, 2.75) is 31.5 Å². The van der Waals surface area contributed by atoms with E-state index in [-0.39, 0.29) is 0 Å². The molecule has 0 aliphatic heterocycles. The molecule has 0 amide bonds. The van der Waals surface area contributed by atoms with Gasteiger partial charge in [-0.15, -0.1) is 0 Å². The van der Waals surface area contributed by atoms with Gasteiger partial charge in [-0.3, -0.25) is 4.79 Å². The summed E-state index contributed by atoms with van der Waals surface area (Å²) in [6.07, 6.45) is -2.94. The summed E-state index contributed by atoms with van der Waals surface area (Å²) >= 11 is 0. The highest BCUT2D eigenvalue weighted by Gasteiger charge is 2.38. The summed E-state index contributed by atoms with van der Waals surface area (Å²) in [5.74, 6) is -1.54.